The lowest BCUT2D eigenvalue weighted by Gasteiger charge is -2.18. The molecule has 0 saturated heterocycles. The van der Waals surface area contributed by atoms with Crippen molar-refractivity contribution in [1.82, 2.24) is 14.7 Å². The lowest BCUT2D eigenvalue weighted by atomic mass is 10.2. The van der Waals surface area contributed by atoms with Gasteiger partial charge in [0.25, 0.3) is 11.8 Å². The van der Waals surface area contributed by atoms with Gasteiger partial charge in [0.05, 0.1) is 5.52 Å². The molecular weight excluding hydrogens is 360 g/mol. The third kappa shape index (κ3) is 3.02. The van der Waals surface area contributed by atoms with E-state index < -0.39 is 5.91 Å². The molecule has 0 spiro atoms. The maximum Gasteiger partial charge on any atom is 0.292 e. The molecule has 3 heterocycles. The maximum atomic E-state index is 12.9. The summed E-state index contributed by atoms with van der Waals surface area (Å²) in [5, 5.41) is 5.74. The molecule has 0 radical (unpaired) electrons. The molecule has 2 N–H and O–H groups in total. The van der Waals surface area contributed by atoms with Crippen LogP contribution in [0, 0.1) is 0 Å². The largest absolute Gasteiger partial charge is 0.486 e. The summed E-state index contributed by atoms with van der Waals surface area (Å²) in [7, 11) is 0. The Morgan fingerprint density at radius 2 is 1.86 bits per heavy atom. The van der Waals surface area contributed by atoms with Crippen LogP contribution >= 0.6 is 0 Å². The number of nitrogens with one attached hydrogen (secondary N) is 2. The van der Waals surface area contributed by atoms with Gasteiger partial charge in [-0.2, -0.15) is 0 Å². The number of benzene rings is 1. The standard InChI is InChI=1S/C20H18N4O4/c25-19(21-12-4-5-12)17-14-3-1-2-8-24(14)18(23-17)20(26)22-13-6-7-15-16(11-13)28-10-9-27-15/h1-3,6-8,11-12H,4-5,9-10H2,(H,21,25)(H,22,26). The van der Waals surface area contributed by atoms with Crippen LogP contribution in [0.3, 0.4) is 0 Å². The lowest BCUT2D eigenvalue weighted by molar-refractivity contribution is 0.0948. The number of anilines is 1. The number of nitrogens with zero attached hydrogens (tertiary/aromatic N) is 2. The molecule has 2 aromatic heterocycles. The molecule has 8 nitrogen and oxygen atoms in total. The van der Waals surface area contributed by atoms with Crippen LogP contribution in [0.15, 0.2) is 42.6 Å². The Bertz CT molecular complexity index is 1090. The van der Waals surface area contributed by atoms with Crippen molar-refractivity contribution >= 4 is 23.0 Å². The van der Waals surface area contributed by atoms with Gasteiger partial charge in [0.2, 0.25) is 5.82 Å². The average molecular weight is 378 g/mol. The van der Waals surface area contributed by atoms with E-state index in [-0.39, 0.29) is 23.5 Å². The Kier molecular flexibility index (Phi) is 3.89. The van der Waals surface area contributed by atoms with Gasteiger partial charge in [0.1, 0.15) is 13.2 Å². The van der Waals surface area contributed by atoms with E-state index in [0.29, 0.717) is 35.9 Å². The number of hydrogen-bond acceptors (Lipinski definition) is 5. The number of hydrogen-bond donors (Lipinski definition) is 2. The zero-order valence-corrected chi connectivity index (χ0v) is 15.0. The zero-order valence-electron chi connectivity index (χ0n) is 15.0. The second-order valence-corrected chi connectivity index (χ2v) is 6.80. The van der Waals surface area contributed by atoms with Crippen molar-refractivity contribution in [2.75, 3.05) is 18.5 Å². The van der Waals surface area contributed by atoms with Crippen molar-refractivity contribution in [2.24, 2.45) is 0 Å². The van der Waals surface area contributed by atoms with Gasteiger partial charge in [-0.3, -0.25) is 14.0 Å². The number of amides is 2. The molecule has 1 aliphatic heterocycles. The van der Waals surface area contributed by atoms with Crippen LogP contribution in [0.4, 0.5) is 5.69 Å². The van der Waals surface area contributed by atoms with Gasteiger partial charge < -0.3 is 20.1 Å². The first-order valence-electron chi connectivity index (χ1n) is 9.18. The smallest absolute Gasteiger partial charge is 0.292 e. The number of aromatic nitrogens is 2. The fourth-order valence-corrected chi connectivity index (χ4v) is 3.15. The Labute approximate surface area is 160 Å². The Morgan fingerprint density at radius 1 is 1.04 bits per heavy atom. The van der Waals surface area contributed by atoms with Crippen molar-refractivity contribution in [3.05, 3.63) is 54.1 Å². The number of carbonyl (C=O) groups is 2. The first kappa shape index (κ1) is 16.6. The Balaban J connectivity index is 1.45. The van der Waals surface area contributed by atoms with Crippen LogP contribution in [0.1, 0.15) is 33.9 Å². The summed E-state index contributed by atoms with van der Waals surface area (Å²) in [5.41, 5.74) is 1.40. The quantitative estimate of drug-likeness (QED) is 0.726. The maximum absolute atomic E-state index is 12.9. The van der Waals surface area contributed by atoms with E-state index >= 15 is 0 Å². The van der Waals surface area contributed by atoms with Gasteiger partial charge in [0, 0.05) is 24.0 Å². The molecule has 1 saturated carbocycles. The minimum atomic E-state index is -0.414. The summed E-state index contributed by atoms with van der Waals surface area (Å²) in [5.74, 6) is 0.704. The molecule has 28 heavy (non-hydrogen) atoms. The second kappa shape index (κ2) is 6.56. The highest BCUT2D eigenvalue weighted by molar-refractivity contribution is 6.06. The molecule has 2 amide bonds. The highest BCUT2D eigenvalue weighted by Gasteiger charge is 2.27. The normalized spacial score (nSPS) is 15.3. The first-order valence-corrected chi connectivity index (χ1v) is 9.18. The third-order valence-electron chi connectivity index (χ3n) is 4.68. The number of rotatable bonds is 4. The van der Waals surface area contributed by atoms with Crippen LogP contribution in [-0.4, -0.2) is 40.5 Å². The fraction of sp³-hybridized carbons (Fsp3) is 0.250. The average Bonchev–Trinajstić information content (AvgIpc) is 3.44. The van der Waals surface area contributed by atoms with E-state index in [0.717, 1.165) is 12.8 Å². The van der Waals surface area contributed by atoms with E-state index in [1.54, 1.807) is 40.9 Å². The van der Waals surface area contributed by atoms with E-state index in [1.807, 2.05) is 6.07 Å². The predicted molar refractivity (Wildman–Crippen MR) is 101 cm³/mol. The highest BCUT2D eigenvalue weighted by atomic mass is 16.6. The second-order valence-electron chi connectivity index (χ2n) is 6.80. The van der Waals surface area contributed by atoms with E-state index in [9.17, 15) is 9.59 Å². The van der Waals surface area contributed by atoms with Crippen molar-refractivity contribution in [3.63, 3.8) is 0 Å². The van der Waals surface area contributed by atoms with Crippen molar-refractivity contribution in [1.29, 1.82) is 0 Å². The third-order valence-corrected chi connectivity index (χ3v) is 4.68. The molecule has 0 unspecified atom stereocenters. The van der Waals surface area contributed by atoms with Crippen molar-refractivity contribution in [3.8, 4) is 11.5 Å². The minimum Gasteiger partial charge on any atom is -0.486 e. The number of carbonyl (C=O) groups excluding carboxylic acids is 2. The predicted octanol–water partition coefficient (Wildman–Crippen LogP) is 2.25. The summed E-state index contributed by atoms with van der Waals surface area (Å²) in [6.45, 7) is 0.971. The van der Waals surface area contributed by atoms with E-state index in [4.69, 9.17) is 9.47 Å². The summed E-state index contributed by atoms with van der Waals surface area (Å²) in [6, 6.07) is 10.8. The molecule has 3 aromatic rings. The van der Waals surface area contributed by atoms with Crippen molar-refractivity contribution < 1.29 is 19.1 Å². The molecule has 0 bridgehead atoms. The number of fused-ring (bicyclic) bond motifs is 2. The van der Waals surface area contributed by atoms with Gasteiger partial charge in [-0.1, -0.05) is 6.07 Å². The summed E-state index contributed by atoms with van der Waals surface area (Å²) in [6.07, 6.45) is 3.68. The van der Waals surface area contributed by atoms with Crippen LogP contribution < -0.4 is 20.1 Å². The van der Waals surface area contributed by atoms with Gasteiger partial charge in [-0.25, -0.2) is 4.98 Å². The summed E-state index contributed by atoms with van der Waals surface area (Å²) in [4.78, 5) is 29.7. The van der Waals surface area contributed by atoms with Crippen LogP contribution in [-0.2, 0) is 0 Å². The molecule has 142 valence electrons. The van der Waals surface area contributed by atoms with Crippen LogP contribution in [0.2, 0.25) is 0 Å². The SMILES string of the molecule is O=C(NC1CC1)c1nc(C(=O)Nc2ccc3c(c2)OCCO3)n2ccccc12. The Morgan fingerprint density at radius 3 is 2.68 bits per heavy atom. The van der Waals surface area contributed by atoms with Gasteiger partial charge in [0.15, 0.2) is 17.2 Å². The monoisotopic (exact) mass is 378 g/mol. The van der Waals surface area contributed by atoms with Crippen LogP contribution in [0.25, 0.3) is 5.52 Å². The molecule has 5 rings (SSSR count). The summed E-state index contributed by atoms with van der Waals surface area (Å²) >= 11 is 0. The fourth-order valence-electron chi connectivity index (χ4n) is 3.15. The molecule has 1 fully saturated rings. The van der Waals surface area contributed by atoms with Gasteiger partial charge >= 0.3 is 0 Å². The highest BCUT2D eigenvalue weighted by Crippen LogP contribution is 2.32. The minimum absolute atomic E-state index is 0.145. The summed E-state index contributed by atoms with van der Waals surface area (Å²) < 4.78 is 12.7. The number of pyridine rings is 1. The number of imidazole rings is 1. The molecule has 2 aliphatic rings. The molecule has 1 aromatic carbocycles. The first-order chi connectivity index (χ1) is 13.7. The van der Waals surface area contributed by atoms with E-state index in [1.165, 1.54) is 0 Å². The number of ether oxygens (including phenoxy) is 2. The van der Waals surface area contributed by atoms with Gasteiger partial charge in [-0.15, -0.1) is 0 Å². The lowest BCUT2D eigenvalue weighted by Crippen LogP contribution is -2.26. The molecular formula is C20H18N4O4. The van der Waals surface area contributed by atoms with Crippen molar-refractivity contribution in [2.45, 2.75) is 18.9 Å². The van der Waals surface area contributed by atoms with Gasteiger partial charge in [-0.05, 0) is 37.1 Å². The zero-order chi connectivity index (χ0) is 19.1. The molecule has 1 aliphatic carbocycles. The topological polar surface area (TPSA) is 94.0 Å². The molecule has 8 heteroatoms. The Hall–Kier alpha value is -3.55. The molecule has 0 atom stereocenters. The van der Waals surface area contributed by atoms with Crippen LogP contribution in [0.5, 0.6) is 11.5 Å². The van der Waals surface area contributed by atoms with E-state index in [2.05, 4.69) is 15.6 Å².